The summed E-state index contributed by atoms with van der Waals surface area (Å²) in [5.74, 6) is 1.97. The highest BCUT2D eigenvalue weighted by molar-refractivity contribution is 5.94. The van der Waals surface area contributed by atoms with Crippen LogP contribution in [0.3, 0.4) is 0 Å². The van der Waals surface area contributed by atoms with Gasteiger partial charge in [0.25, 0.3) is 11.8 Å². The SMILES string of the molecule is CC(C)Oc1ccc(C(=O)N2CCCC(Oc3nccnc3N(C)C)C2)cc1. The van der Waals surface area contributed by atoms with Gasteiger partial charge in [-0.15, -0.1) is 0 Å². The van der Waals surface area contributed by atoms with Gasteiger partial charge in [0.05, 0.1) is 12.6 Å². The second kappa shape index (κ2) is 8.91. The van der Waals surface area contributed by atoms with Crippen molar-refractivity contribution in [2.45, 2.75) is 38.9 Å². The van der Waals surface area contributed by atoms with E-state index in [9.17, 15) is 4.79 Å². The number of hydrogen-bond acceptors (Lipinski definition) is 6. The maximum absolute atomic E-state index is 12.9. The van der Waals surface area contributed by atoms with Gasteiger partial charge in [-0.2, -0.15) is 0 Å². The zero-order valence-corrected chi connectivity index (χ0v) is 17.0. The molecule has 2 heterocycles. The van der Waals surface area contributed by atoms with Crippen LogP contribution in [-0.2, 0) is 0 Å². The molecule has 1 aliphatic heterocycles. The quantitative estimate of drug-likeness (QED) is 0.763. The lowest BCUT2D eigenvalue weighted by Crippen LogP contribution is -2.44. The molecule has 3 rings (SSSR count). The molecule has 7 nitrogen and oxygen atoms in total. The first-order valence-corrected chi connectivity index (χ1v) is 9.65. The third-order valence-electron chi connectivity index (χ3n) is 4.49. The first-order chi connectivity index (χ1) is 13.4. The standard InChI is InChI=1S/C21H28N4O3/c1-15(2)27-17-9-7-16(8-10-17)21(26)25-13-5-6-18(14-25)28-20-19(24(3)4)22-11-12-23-20/h7-12,15,18H,5-6,13-14H2,1-4H3. The number of carbonyl (C=O) groups is 1. The highest BCUT2D eigenvalue weighted by atomic mass is 16.5. The Labute approximate surface area is 166 Å². The number of hydrogen-bond donors (Lipinski definition) is 0. The van der Waals surface area contributed by atoms with Gasteiger partial charge in [-0.05, 0) is 51.0 Å². The molecule has 0 spiro atoms. The third kappa shape index (κ3) is 4.91. The summed E-state index contributed by atoms with van der Waals surface area (Å²) in [6.45, 7) is 5.22. The summed E-state index contributed by atoms with van der Waals surface area (Å²) in [4.78, 5) is 25.2. The molecule has 1 aliphatic rings. The molecule has 7 heteroatoms. The van der Waals surface area contributed by atoms with Gasteiger partial charge in [-0.1, -0.05) is 0 Å². The van der Waals surface area contributed by atoms with Gasteiger partial charge < -0.3 is 19.3 Å². The lowest BCUT2D eigenvalue weighted by Gasteiger charge is -2.33. The van der Waals surface area contributed by atoms with Crippen molar-refractivity contribution in [1.82, 2.24) is 14.9 Å². The Morgan fingerprint density at radius 1 is 1.18 bits per heavy atom. The predicted octanol–water partition coefficient (Wildman–Crippen LogP) is 3.01. The van der Waals surface area contributed by atoms with Gasteiger partial charge in [0.1, 0.15) is 11.9 Å². The van der Waals surface area contributed by atoms with Crippen molar-refractivity contribution in [3.05, 3.63) is 42.2 Å². The largest absolute Gasteiger partial charge is 0.491 e. The van der Waals surface area contributed by atoms with Crippen molar-refractivity contribution in [3.8, 4) is 11.6 Å². The second-order valence-corrected chi connectivity index (χ2v) is 7.40. The number of carbonyl (C=O) groups excluding carboxylic acids is 1. The van der Waals surface area contributed by atoms with Crippen LogP contribution in [0.5, 0.6) is 11.6 Å². The monoisotopic (exact) mass is 384 g/mol. The second-order valence-electron chi connectivity index (χ2n) is 7.40. The van der Waals surface area contributed by atoms with Crippen LogP contribution < -0.4 is 14.4 Å². The van der Waals surface area contributed by atoms with Crippen LogP contribution in [0.1, 0.15) is 37.0 Å². The van der Waals surface area contributed by atoms with Crippen molar-refractivity contribution in [2.75, 3.05) is 32.1 Å². The molecule has 1 aromatic carbocycles. The number of piperidine rings is 1. The zero-order chi connectivity index (χ0) is 20.1. The maximum atomic E-state index is 12.9. The van der Waals surface area contributed by atoms with E-state index in [0.29, 0.717) is 23.8 Å². The third-order valence-corrected chi connectivity index (χ3v) is 4.49. The van der Waals surface area contributed by atoms with E-state index in [0.717, 1.165) is 25.1 Å². The van der Waals surface area contributed by atoms with E-state index in [1.165, 1.54) is 0 Å². The minimum absolute atomic E-state index is 0.0105. The van der Waals surface area contributed by atoms with Gasteiger partial charge in [-0.25, -0.2) is 9.97 Å². The lowest BCUT2D eigenvalue weighted by molar-refractivity contribution is 0.0528. The van der Waals surface area contributed by atoms with Gasteiger partial charge in [0, 0.05) is 38.6 Å². The molecule has 0 saturated carbocycles. The molecule has 1 unspecified atom stereocenters. The molecule has 2 aromatic rings. The molecule has 0 radical (unpaired) electrons. The Bertz CT molecular complexity index is 792. The van der Waals surface area contributed by atoms with Crippen molar-refractivity contribution in [2.24, 2.45) is 0 Å². The van der Waals surface area contributed by atoms with Crippen LogP contribution in [0.25, 0.3) is 0 Å². The van der Waals surface area contributed by atoms with Gasteiger partial charge in [0.15, 0.2) is 5.82 Å². The summed E-state index contributed by atoms with van der Waals surface area (Å²) in [7, 11) is 3.81. The first kappa shape index (κ1) is 19.9. The summed E-state index contributed by atoms with van der Waals surface area (Å²) in [6, 6.07) is 7.32. The van der Waals surface area contributed by atoms with Crippen molar-refractivity contribution in [3.63, 3.8) is 0 Å². The van der Waals surface area contributed by atoms with E-state index >= 15 is 0 Å². The molecule has 1 aromatic heterocycles. The molecular formula is C21H28N4O3. The molecule has 28 heavy (non-hydrogen) atoms. The summed E-state index contributed by atoms with van der Waals surface area (Å²) in [5, 5.41) is 0. The van der Waals surface area contributed by atoms with Crippen molar-refractivity contribution >= 4 is 11.7 Å². The maximum Gasteiger partial charge on any atom is 0.257 e. The highest BCUT2D eigenvalue weighted by Gasteiger charge is 2.27. The fourth-order valence-electron chi connectivity index (χ4n) is 3.22. The zero-order valence-electron chi connectivity index (χ0n) is 17.0. The molecule has 1 saturated heterocycles. The van der Waals surface area contributed by atoms with Crippen LogP contribution >= 0.6 is 0 Å². The molecule has 150 valence electrons. The number of likely N-dealkylation sites (tertiary alicyclic amines) is 1. The van der Waals surface area contributed by atoms with E-state index in [1.54, 1.807) is 12.4 Å². The summed E-state index contributed by atoms with van der Waals surface area (Å²) >= 11 is 0. The van der Waals surface area contributed by atoms with Crippen LogP contribution in [0, 0.1) is 0 Å². The number of rotatable bonds is 6. The smallest absolute Gasteiger partial charge is 0.257 e. The molecule has 1 amide bonds. The average Bonchev–Trinajstić information content (AvgIpc) is 2.68. The minimum atomic E-state index is -0.100. The molecule has 0 bridgehead atoms. The van der Waals surface area contributed by atoms with Gasteiger partial charge >= 0.3 is 0 Å². The first-order valence-electron chi connectivity index (χ1n) is 9.65. The topological polar surface area (TPSA) is 67.8 Å². The van der Waals surface area contributed by atoms with Crippen molar-refractivity contribution < 1.29 is 14.3 Å². The van der Waals surface area contributed by atoms with Crippen molar-refractivity contribution in [1.29, 1.82) is 0 Å². The normalized spacial score (nSPS) is 16.8. The van der Waals surface area contributed by atoms with Gasteiger partial charge in [-0.3, -0.25) is 4.79 Å². The number of anilines is 1. The summed E-state index contributed by atoms with van der Waals surface area (Å²) in [6.07, 6.45) is 5.04. The molecule has 0 aliphatic carbocycles. The highest BCUT2D eigenvalue weighted by Crippen LogP contribution is 2.25. The van der Waals surface area contributed by atoms with E-state index in [2.05, 4.69) is 9.97 Å². The Morgan fingerprint density at radius 2 is 1.89 bits per heavy atom. The van der Waals surface area contributed by atoms with Crippen LogP contribution in [0.2, 0.25) is 0 Å². The molecular weight excluding hydrogens is 356 g/mol. The summed E-state index contributed by atoms with van der Waals surface area (Å²) in [5.41, 5.74) is 0.658. The number of ether oxygens (including phenoxy) is 2. The van der Waals surface area contributed by atoms with Crippen LogP contribution in [0.4, 0.5) is 5.82 Å². The van der Waals surface area contributed by atoms with E-state index in [1.807, 2.05) is 62.0 Å². The number of aromatic nitrogens is 2. The number of amides is 1. The van der Waals surface area contributed by atoms with Crippen LogP contribution in [0.15, 0.2) is 36.7 Å². The minimum Gasteiger partial charge on any atom is -0.491 e. The number of benzene rings is 1. The fourth-order valence-corrected chi connectivity index (χ4v) is 3.22. The Balaban J connectivity index is 1.65. The van der Waals surface area contributed by atoms with Crippen LogP contribution in [-0.4, -0.2) is 60.2 Å². The van der Waals surface area contributed by atoms with E-state index in [-0.39, 0.29) is 18.1 Å². The molecule has 0 N–H and O–H groups in total. The fraction of sp³-hybridized carbons (Fsp3) is 0.476. The molecule has 1 fully saturated rings. The Hall–Kier alpha value is -2.83. The molecule has 1 atom stereocenters. The van der Waals surface area contributed by atoms with Gasteiger partial charge in [0.2, 0.25) is 0 Å². The van der Waals surface area contributed by atoms with E-state index < -0.39 is 0 Å². The lowest BCUT2D eigenvalue weighted by atomic mass is 10.1. The summed E-state index contributed by atoms with van der Waals surface area (Å²) < 4.78 is 11.7. The Kier molecular flexibility index (Phi) is 6.34. The number of nitrogens with zero attached hydrogens (tertiary/aromatic N) is 4. The average molecular weight is 384 g/mol. The van der Waals surface area contributed by atoms with E-state index in [4.69, 9.17) is 9.47 Å². The Morgan fingerprint density at radius 3 is 2.57 bits per heavy atom. The predicted molar refractivity (Wildman–Crippen MR) is 108 cm³/mol.